The summed E-state index contributed by atoms with van der Waals surface area (Å²) in [6.07, 6.45) is 3.86. The first kappa shape index (κ1) is 25.2. The summed E-state index contributed by atoms with van der Waals surface area (Å²) in [6, 6.07) is 12.2. The number of nitrogens with zero attached hydrogens (tertiary/aromatic N) is 2. The zero-order valence-electron chi connectivity index (χ0n) is 20.6. The van der Waals surface area contributed by atoms with Crippen molar-refractivity contribution < 1.29 is 17.7 Å². The molecule has 186 valence electrons. The minimum atomic E-state index is -3.49. The molecule has 1 saturated carbocycles. The van der Waals surface area contributed by atoms with E-state index in [2.05, 4.69) is 15.6 Å². The molecular formula is C25H31N4O4PS. The Morgan fingerprint density at radius 2 is 1.77 bits per heavy atom. The highest BCUT2D eigenvalue weighted by atomic mass is 32.2. The predicted octanol–water partition coefficient (Wildman–Crippen LogP) is 5.28. The van der Waals surface area contributed by atoms with Crippen LogP contribution in [0.3, 0.4) is 0 Å². The Morgan fingerprint density at radius 1 is 1.06 bits per heavy atom. The molecule has 0 saturated heterocycles. The Bertz CT molecular complexity index is 1400. The Morgan fingerprint density at radius 3 is 2.40 bits per heavy atom. The molecule has 8 nitrogen and oxygen atoms in total. The van der Waals surface area contributed by atoms with Crippen LogP contribution in [0.2, 0.25) is 0 Å². The summed E-state index contributed by atoms with van der Waals surface area (Å²) in [6.45, 7) is 6.76. The summed E-state index contributed by atoms with van der Waals surface area (Å²) in [5.74, 6) is 1.78. The van der Waals surface area contributed by atoms with Gasteiger partial charge in [0.1, 0.15) is 18.7 Å². The van der Waals surface area contributed by atoms with Crippen molar-refractivity contribution in [1.29, 1.82) is 0 Å². The fraction of sp³-hybridized carbons (Fsp3) is 0.360. The lowest BCUT2D eigenvalue weighted by Gasteiger charge is -2.17. The van der Waals surface area contributed by atoms with Gasteiger partial charge in [0, 0.05) is 17.1 Å². The third kappa shape index (κ3) is 5.52. The summed E-state index contributed by atoms with van der Waals surface area (Å²) in [7, 11) is -4.38. The zero-order chi connectivity index (χ0) is 25.4. The molecule has 2 N–H and O–H groups in total. The van der Waals surface area contributed by atoms with Gasteiger partial charge in [-0.25, -0.2) is 13.4 Å². The lowest BCUT2D eigenvalue weighted by Crippen LogP contribution is -2.16. The van der Waals surface area contributed by atoms with Crippen molar-refractivity contribution in [1.82, 2.24) is 9.97 Å². The quantitative estimate of drug-likeness (QED) is 0.371. The van der Waals surface area contributed by atoms with E-state index in [9.17, 15) is 13.0 Å². The first-order valence-corrected chi connectivity index (χ1v) is 15.6. The summed E-state index contributed by atoms with van der Waals surface area (Å²) >= 11 is 0. The monoisotopic (exact) mass is 514 g/mol. The molecule has 35 heavy (non-hydrogen) atoms. The van der Waals surface area contributed by atoms with Gasteiger partial charge in [-0.2, -0.15) is 4.98 Å². The van der Waals surface area contributed by atoms with Crippen LogP contribution in [0.25, 0.3) is 0 Å². The molecule has 3 aromatic rings. The van der Waals surface area contributed by atoms with Gasteiger partial charge in [-0.05, 0) is 76.3 Å². The number of anilines is 4. The van der Waals surface area contributed by atoms with Crippen LogP contribution in [-0.4, -0.2) is 44.1 Å². The molecule has 0 unspecified atom stereocenters. The molecule has 0 atom stereocenters. The number of nitrogens with one attached hydrogen (secondary N) is 2. The number of methoxy groups -OCH3 is 1. The summed E-state index contributed by atoms with van der Waals surface area (Å²) in [5.41, 5.74) is 2.07. The Labute approximate surface area is 206 Å². The van der Waals surface area contributed by atoms with Crippen molar-refractivity contribution in [3.05, 3.63) is 54.2 Å². The highest BCUT2D eigenvalue weighted by Crippen LogP contribution is 2.44. The Hall–Kier alpha value is -2.90. The minimum Gasteiger partial charge on any atom is -0.495 e. The highest BCUT2D eigenvalue weighted by Gasteiger charge is 2.29. The summed E-state index contributed by atoms with van der Waals surface area (Å²) in [5, 5.41) is 6.62. The van der Waals surface area contributed by atoms with E-state index in [-0.39, 0.29) is 4.90 Å². The summed E-state index contributed by atoms with van der Waals surface area (Å²) in [4.78, 5) is 9.43. The molecule has 2 aromatic carbocycles. The maximum Gasteiger partial charge on any atom is 0.229 e. The van der Waals surface area contributed by atoms with E-state index >= 15 is 0 Å². The molecule has 1 aliphatic rings. The van der Waals surface area contributed by atoms with Crippen LogP contribution >= 0.6 is 7.14 Å². The molecule has 4 rings (SSSR count). The molecule has 1 aromatic heterocycles. The number of aromatic nitrogens is 2. The third-order valence-electron chi connectivity index (χ3n) is 5.95. The molecule has 0 bridgehead atoms. The van der Waals surface area contributed by atoms with Crippen molar-refractivity contribution in [2.24, 2.45) is 0 Å². The fourth-order valence-corrected chi connectivity index (χ4v) is 5.75. The van der Waals surface area contributed by atoms with Gasteiger partial charge in [-0.15, -0.1) is 0 Å². The molecule has 1 fully saturated rings. The van der Waals surface area contributed by atoms with Crippen LogP contribution in [0.5, 0.6) is 5.75 Å². The van der Waals surface area contributed by atoms with Gasteiger partial charge < -0.3 is 19.9 Å². The van der Waals surface area contributed by atoms with Gasteiger partial charge in [0.15, 0.2) is 9.84 Å². The standard InChI is InChI=1S/C25H31N4O4PS/c1-16(2)35(31,32)23-9-7-6-8-21(23)27-24-19(17-10-11-17)15-26-25(29-24)28-20-13-12-18(34(4,5)30)14-22(20)33-3/h6-9,12-17H,10-11H2,1-5H3,(H2,26,27,28,29). The second-order valence-corrected chi connectivity index (χ2v) is 15.0. The second-order valence-electron chi connectivity index (χ2n) is 9.35. The average molecular weight is 515 g/mol. The van der Waals surface area contributed by atoms with Crippen molar-refractivity contribution in [2.45, 2.75) is 42.8 Å². The fourth-order valence-electron chi connectivity index (χ4n) is 3.68. The zero-order valence-corrected chi connectivity index (χ0v) is 22.3. The number of rotatable bonds is 9. The van der Waals surface area contributed by atoms with Gasteiger partial charge in [0.25, 0.3) is 0 Å². The van der Waals surface area contributed by atoms with Crippen LogP contribution < -0.4 is 20.7 Å². The van der Waals surface area contributed by atoms with Gasteiger partial charge in [-0.3, -0.25) is 0 Å². The number of hydrogen-bond acceptors (Lipinski definition) is 8. The normalized spacial score (nSPS) is 14.1. The van der Waals surface area contributed by atoms with E-state index in [4.69, 9.17) is 9.72 Å². The van der Waals surface area contributed by atoms with Crippen LogP contribution in [0.15, 0.2) is 53.6 Å². The maximum atomic E-state index is 12.9. The van der Waals surface area contributed by atoms with E-state index in [1.165, 1.54) is 0 Å². The van der Waals surface area contributed by atoms with E-state index in [0.717, 1.165) is 23.7 Å². The third-order valence-corrected chi connectivity index (χ3v) is 9.69. The maximum absolute atomic E-state index is 12.9. The number of ether oxygens (including phenoxy) is 1. The summed E-state index contributed by atoms with van der Waals surface area (Å²) < 4.78 is 43.8. The number of sulfone groups is 1. The van der Waals surface area contributed by atoms with Crippen molar-refractivity contribution in [3.8, 4) is 5.75 Å². The van der Waals surface area contributed by atoms with Gasteiger partial charge in [0.05, 0.1) is 28.6 Å². The Kier molecular flexibility index (Phi) is 6.93. The topological polar surface area (TPSA) is 110 Å². The van der Waals surface area contributed by atoms with Crippen LogP contribution in [0, 0.1) is 0 Å². The van der Waals surface area contributed by atoms with Crippen molar-refractivity contribution in [3.63, 3.8) is 0 Å². The largest absolute Gasteiger partial charge is 0.495 e. The SMILES string of the molecule is COc1cc(P(C)(C)=O)ccc1Nc1ncc(C2CC2)c(Nc2ccccc2S(=O)(=O)C(C)C)n1. The molecule has 0 spiro atoms. The van der Waals surface area contributed by atoms with E-state index in [0.29, 0.717) is 34.8 Å². The highest BCUT2D eigenvalue weighted by molar-refractivity contribution is 7.92. The van der Waals surface area contributed by atoms with Gasteiger partial charge in [0.2, 0.25) is 5.95 Å². The first-order valence-electron chi connectivity index (χ1n) is 11.5. The van der Waals surface area contributed by atoms with Crippen LogP contribution in [0.1, 0.15) is 38.2 Å². The molecule has 10 heteroatoms. The lowest BCUT2D eigenvalue weighted by atomic mass is 10.2. The molecule has 0 amide bonds. The molecule has 0 radical (unpaired) electrons. The van der Waals surface area contributed by atoms with Gasteiger partial charge in [-0.1, -0.05) is 12.1 Å². The minimum absolute atomic E-state index is 0.241. The van der Waals surface area contributed by atoms with Crippen molar-refractivity contribution in [2.75, 3.05) is 31.1 Å². The van der Waals surface area contributed by atoms with E-state index in [1.54, 1.807) is 82.9 Å². The van der Waals surface area contributed by atoms with E-state index in [1.807, 2.05) is 0 Å². The van der Waals surface area contributed by atoms with E-state index < -0.39 is 22.2 Å². The van der Waals surface area contributed by atoms with Crippen LogP contribution in [-0.2, 0) is 14.4 Å². The molecule has 1 heterocycles. The van der Waals surface area contributed by atoms with Gasteiger partial charge >= 0.3 is 0 Å². The number of benzene rings is 2. The number of para-hydroxylation sites is 1. The Balaban J connectivity index is 1.70. The van der Waals surface area contributed by atoms with Crippen LogP contribution in [0.4, 0.5) is 23.1 Å². The average Bonchev–Trinajstić information content (AvgIpc) is 3.64. The second kappa shape index (κ2) is 9.63. The predicted molar refractivity (Wildman–Crippen MR) is 141 cm³/mol. The molecule has 1 aliphatic carbocycles. The lowest BCUT2D eigenvalue weighted by molar-refractivity contribution is 0.417. The smallest absolute Gasteiger partial charge is 0.229 e. The molecular weight excluding hydrogens is 483 g/mol. The number of hydrogen-bond donors (Lipinski definition) is 2. The first-order chi connectivity index (χ1) is 16.5. The molecule has 0 aliphatic heterocycles. The van der Waals surface area contributed by atoms with Crippen molar-refractivity contribution >= 4 is 45.4 Å².